The summed E-state index contributed by atoms with van der Waals surface area (Å²) in [6.45, 7) is 1.87. The Labute approximate surface area is 176 Å². The molecule has 0 radical (unpaired) electrons. The molecule has 0 aliphatic heterocycles. The number of sulfone groups is 1. The molecule has 0 fully saturated rings. The normalized spacial score (nSPS) is 12.6. The topological polar surface area (TPSA) is 63.2 Å². The zero-order valence-corrected chi connectivity index (χ0v) is 17.3. The summed E-state index contributed by atoms with van der Waals surface area (Å²) >= 11 is 0. The van der Waals surface area contributed by atoms with Gasteiger partial charge in [0.15, 0.2) is 9.84 Å². The molecule has 1 N–H and O–H groups in total. The van der Waals surface area contributed by atoms with Crippen LogP contribution in [-0.4, -0.2) is 20.9 Å². The standard InChI is InChI=1S/C24H22FNO3S/c1-18-7-9-19(10-8-18)11-16-24(27)26-17-23(20-5-3-2-4-6-20)30(28,29)22-14-12-21(25)13-15-22/h2-16,23H,17H2,1H3,(H,26,27)/b16-11+. The Hall–Kier alpha value is -3.25. The minimum atomic E-state index is -3.84. The monoisotopic (exact) mass is 423 g/mol. The number of benzene rings is 3. The van der Waals surface area contributed by atoms with E-state index in [2.05, 4.69) is 5.32 Å². The van der Waals surface area contributed by atoms with Crippen LogP contribution < -0.4 is 5.32 Å². The fourth-order valence-electron chi connectivity index (χ4n) is 2.96. The lowest BCUT2D eigenvalue weighted by atomic mass is 10.1. The van der Waals surface area contributed by atoms with Gasteiger partial charge in [0.25, 0.3) is 0 Å². The van der Waals surface area contributed by atoms with E-state index in [1.54, 1.807) is 36.4 Å². The number of carbonyl (C=O) groups excluding carboxylic acids is 1. The van der Waals surface area contributed by atoms with Gasteiger partial charge in [0.1, 0.15) is 11.1 Å². The van der Waals surface area contributed by atoms with Gasteiger partial charge in [-0.2, -0.15) is 0 Å². The average molecular weight is 424 g/mol. The van der Waals surface area contributed by atoms with Crippen LogP contribution in [0.1, 0.15) is 21.9 Å². The Morgan fingerprint density at radius 1 is 0.967 bits per heavy atom. The highest BCUT2D eigenvalue weighted by Gasteiger charge is 2.29. The summed E-state index contributed by atoms with van der Waals surface area (Å²) in [5, 5.41) is 1.67. The first-order chi connectivity index (χ1) is 14.4. The molecule has 0 heterocycles. The van der Waals surface area contributed by atoms with Gasteiger partial charge in [-0.25, -0.2) is 12.8 Å². The Bertz CT molecular complexity index is 1120. The number of amides is 1. The molecule has 6 heteroatoms. The predicted molar refractivity (Wildman–Crippen MR) is 116 cm³/mol. The molecule has 0 saturated heterocycles. The largest absolute Gasteiger partial charge is 0.351 e. The summed E-state index contributed by atoms with van der Waals surface area (Å²) in [6, 6.07) is 21.0. The molecule has 0 bridgehead atoms. The summed E-state index contributed by atoms with van der Waals surface area (Å²) < 4.78 is 39.6. The van der Waals surface area contributed by atoms with Crippen LogP contribution in [0, 0.1) is 12.7 Å². The average Bonchev–Trinajstić information content (AvgIpc) is 2.74. The van der Waals surface area contributed by atoms with E-state index >= 15 is 0 Å². The molecule has 1 amide bonds. The van der Waals surface area contributed by atoms with Gasteiger partial charge < -0.3 is 5.32 Å². The molecule has 4 nitrogen and oxygen atoms in total. The van der Waals surface area contributed by atoms with Crippen molar-refractivity contribution in [3.05, 3.63) is 107 Å². The SMILES string of the molecule is Cc1ccc(/C=C/C(=O)NCC(c2ccccc2)S(=O)(=O)c2ccc(F)cc2)cc1. The Morgan fingerprint density at radius 3 is 2.23 bits per heavy atom. The first kappa shape index (κ1) is 21.5. The van der Waals surface area contributed by atoms with Gasteiger partial charge >= 0.3 is 0 Å². The van der Waals surface area contributed by atoms with Crippen LogP contribution >= 0.6 is 0 Å². The third kappa shape index (κ3) is 5.42. The minimum absolute atomic E-state index is 0.00204. The number of halogens is 1. The van der Waals surface area contributed by atoms with Gasteiger partial charge in [0.2, 0.25) is 5.91 Å². The fourth-order valence-corrected chi connectivity index (χ4v) is 4.63. The molecule has 30 heavy (non-hydrogen) atoms. The summed E-state index contributed by atoms with van der Waals surface area (Å²) in [6.07, 6.45) is 3.04. The van der Waals surface area contributed by atoms with Gasteiger partial charge in [0, 0.05) is 12.6 Å². The molecule has 0 aliphatic rings. The van der Waals surface area contributed by atoms with E-state index in [4.69, 9.17) is 0 Å². The molecule has 3 aromatic carbocycles. The second kappa shape index (κ2) is 9.50. The molecule has 0 aliphatic carbocycles. The maximum Gasteiger partial charge on any atom is 0.244 e. The van der Waals surface area contributed by atoms with Crippen molar-refractivity contribution in [3.63, 3.8) is 0 Å². The van der Waals surface area contributed by atoms with Crippen molar-refractivity contribution in [2.24, 2.45) is 0 Å². The minimum Gasteiger partial charge on any atom is -0.351 e. The molecular weight excluding hydrogens is 401 g/mol. The first-order valence-corrected chi connectivity index (χ1v) is 11.0. The van der Waals surface area contributed by atoms with Crippen molar-refractivity contribution in [3.8, 4) is 0 Å². The summed E-state index contributed by atoms with van der Waals surface area (Å²) in [4.78, 5) is 12.3. The molecule has 3 rings (SSSR count). The molecule has 0 aromatic heterocycles. The fraction of sp³-hybridized carbons (Fsp3) is 0.125. The zero-order chi connectivity index (χ0) is 21.6. The van der Waals surface area contributed by atoms with Crippen LogP contribution in [0.3, 0.4) is 0 Å². The van der Waals surface area contributed by atoms with Crippen LogP contribution in [0.15, 0.2) is 89.8 Å². The molecule has 154 valence electrons. The Balaban J connectivity index is 1.79. The number of hydrogen-bond acceptors (Lipinski definition) is 3. The van der Waals surface area contributed by atoms with E-state index in [-0.39, 0.29) is 11.4 Å². The van der Waals surface area contributed by atoms with Crippen LogP contribution in [-0.2, 0) is 14.6 Å². The third-order valence-corrected chi connectivity index (χ3v) is 6.77. The van der Waals surface area contributed by atoms with Crippen molar-refractivity contribution in [1.82, 2.24) is 5.32 Å². The smallest absolute Gasteiger partial charge is 0.244 e. The quantitative estimate of drug-likeness (QED) is 0.450. The van der Waals surface area contributed by atoms with Gasteiger partial charge in [-0.3, -0.25) is 4.79 Å². The lowest BCUT2D eigenvalue weighted by molar-refractivity contribution is -0.116. The molecule has 0 spiro atoms. The Kier molecular flexibility index (Phi) is 6.79. The van der Waals surface area contributed by atoms with E-state index in [1.165, 1.54) is 18.2 Å². The lowest BCUT2D eigenvalue weighted by Crippen LogP contribution is -2.30. The molecule has 1 unspecified atom stereocenters. The van der Waals surface area contributed by atoms with Gasteiger partial charge in [-0.05, 0) is 48.4 Å². The number of carbonyl (C=O) groups is 1. The second-order valence-corrected chi connectivity index (χ2v) is 9.02. The van der Waals surface area contributed by atoms with E-state index in [0.29, 0.717) is 5.56 Å². The highest BCUT2D eigenvalue weighted by atomic mass is 32.2. The highest BCUT2D eigenvalue weighted by molar-refractivity contribution is 7.91. The summed E-state index contributed by atoms with van der Waals surface area (Å²) in [7, 11) is -3.84. The molecule has 3 aromatic rings. The highest BCUT2D eigenvalue weighted by Crippen LogP contribution is 2.28. The lowest BCUT2D eigenvalue weighted by Gasteiger charge is -2.18. The van der Waals surface area contributed by atoms with Gasteiger partial charge in [-0.1, -0.05) is 60.2 Å². The van der Waals surface area contributed by atoms with E-state index in [0.717, 1.165) is 23.3 Å². The van der Waals surface area contributed by atoms with Crippen molar-refractivity contribution in [1.29, 1.82) is 0 Å². The van der Waals surface area contributed by atoms with Gasteiger partial charge in [0.05, 0.1) is 4.90 Å². The first-order valence-electron chi connectivity index (χ1n) is 9.43. The van der Waals surface area contributed by atoms with E-state index in [9.17, 15) is 17.6 Å². The zero-order valence-electron chi connectivity index (χ0n) is 16.5. The van der Waals surface area contributed by atoms with Crippen molar-refractivity contribution in [2.75, 3.05) is 6.54 Å². The maximum atomic E-state index is 13.2. The third-order valence-electron chi connectivity index (χ3n) is 4.65. The summed E-state index contributed by atoms with van der Waals surface area (Å²) in [5.41, 5.74) is 2.53. The number of aryl methyl sites for hydroxylation is 1. The van der Waals surface area contributed by atoms with Crippen LogP contribution in [0.5, 0.6) is 0 Å². The maximum absolute atomic E-state index is 13.2. The van der Waals surface area contributed by atoms with Crippen LogP contribution in [0.4, 0.5) is 4.39 Å². The van der Waals surface area contributed by atoms with Crippen LogP contribution in [0.2, 0.25) is 0 Å². The van der Waals surface area contributed by atoms with Gasteiger partial charge in [-0.15, -0.1) is 0 Å². The number of nitrogens with one attached hydrogen (secondary N) is 1. The summed E-state index contributed by atoms with van der Waals surface area (Å²) in [5.74, 6) is -0.912. The number of hydrogen-bond donors (Lipinski definition) is 1. The molecular formula is C24H22FNO3S. The van der Waals surface area contributed by atoms with E-state index < -0.39 is 26.8 Å². The van der Waals surface area contributed by atoms with Crippen molar-refractivity contribution >= 4 is 21.8 Å². The second-order valence-electron chi connectivity index (χ2n) is 6.89. The Morgan fingerprint density at radius 2 is 1.60 bits per heavy atom. The predicted octanol–water partition coefficient (Wildman–Crippen LogP) is 4.48. The van der Waals surface area contributed by atoms with E-state index in [1.807, 2.05) is 31.2 Å². The molecule has 0 saturated carbocycles. The van der Waals surface area contributed by atoms with Crippen molar-refractivity contribution in [2.45, 2.75) is 17.1 Å². The molecule has 1 atom stereocenters. The van der Waals surface area contributed by atoms with Crippen LogP contribution in [0.25, 0.3) is 6.08 Å². The van der Waals surface area contributed by atoms with Crippen molar-refractivity contribution < 1.29 is 17.6 Å². The number of rotatable bonds is 7.